The zero-order valence-electron chi connectivity index (χ0n) is 11.2. The molecule has 106 valence electrons. The normalized spacial score (nSPS) is 16.9. The van der Waals surface area contributed by atoms with E-state index in [1.165, 1.54) is 6.42 Å². The minimum Gasteiger partial charge on any atom is -0.398 e. The van der Waals surface area contributed by atoms with Crippen molar-refractivity contribution in [1.82, 2.24) is 20.2 Å². The molecule has 1 aliphatic carbocycles. The van der Waals surface area contributed by atoms with Gasteiger partial charge in [0.2, 0.25) is 0 Å². The van der Waals surface area contributed by atoms with Gasteiger partial charge in [-0.3, -0.25) is 0 Å². The number of nitrogens with zero attached hydrogens (tertiary/aromatic N) is 4. The first kappa shape index (κ1) is 13.3. The smallest absolute Gasteiger partial charge is 0.184 e. The van der Waals surface area contributed by atoms with Gasteiger partial charge in [0.05, 0.1) is 12.1 Å². The summed E-state index contributed by atoms with van der Waals surface area (Å²) in [5.74, 6) is 0.641. The Labute approximate surface area is 121 Å². The molecular formula is C13H16ClN5O. The van der Waals surface area contributed by atoms with Crippen LogP contribution in [0.4, 0.5) is 5.69 Å². The van der Waals surface area contributed by atoms with E-state index in [9.17, 15) is 0 Å². The SMILES string of the molecule is COC1(Cn2nnnc2-c2ccc(Cl)cc2N)CCC1. The van der Waals surface area contributed by atoms with Crippen LogP contribution < -0.4 is 5.73 Å². The summed E-state index contributed by atoms with van der Waals surface area (Å²) in [4.78, 5) is 0. The Balaban J connectivity index is 1.93. The van der Waals surface area contributed by atoms with Crippen molar-refractivity contribution < 1.29 is 4.74 Å². The van der Waals surface area contributed by atoms with E-state index in [0.717, 1.165) is 18.4 Å². The first-order valence-electron chi connectivity index (χ1n) is 6.50. The molecule has 0 spiro atoms. The zero-order valence-corrected chi connectivity index (χ0v) is 12.0. The fourth-order valence-electron chi connectivity index (χ4n) is 2.51. The summed E-state index contributed by atoms with van der Waals surface area (Å²) in [7, 11) is 1.74. The van der Waals surface area contributed by atoms with Crippen molar-refractivity contribution in [1.29, 1.82) is 0 Å². The highest BCUT2D eigenvalue weighted by Gasteiger charge is 2.38. The molecule has 20 heavy (non-hydrogen) atoms. The van der Waals surface area contributed by atoms with E-state index < -0.39 is 0 Å². The fraction of sp³-hybridized carbons (Fsp3) is 0.462. The minimum atomic E-state index is -0.148. The molecule has 3 rings (SSSR count). The number of aromatic nitrogens is 4. The van der Waals surface area contributed by atoms with Gasteiger partial charge >= 0.3 is 0 Å². The molecule has 1 saturated carbocycles. The van der Waals surface area contributed by atoms with Gasteiger partial charge in [0.1, 0.15) is 0 Å². The molecule has 1 heterocycles. The number of ether oxygens (including phenoxy) is 1. The van der Waals surface area contributed by atoms with Crippen LogP contribution >= 0.6 is 11.6 Å². The lowest BCUT2D eigenvalue weighted by Crippen LogP contribution is -2.43. The van der Waals surface area contributed by atoms with Crippen molar-refractivity contribution in [2.75, 3.05) is 12.8 Å². The highest BCUT2D eigenvalue weighted by Crippen LogP contribution is 2.37. The first-order chi connectivity index (χ1) is 9.63. The molecule has 0 aliphatic heterocycles. The molecule has 0 atom stereocenters. The summed E-state index contributed by atoms with van der Waals surface area (Å²) in [5.41, 5.74) is 7.20. The van der Waals surface area contributed by atoms with E-state index in [1.54, 1.807) is 23.9 Å². The van der Waals surface area contributed by atoms with Crippen molar-refractivity contribution in [3.8, 4) is 11.4 Å². The van der Waals surface area contributed by atoms with Crippen LogP contribution in [0.25, 0.3) is 11.4 Å². The Morgan fingerprint density at radius 1 is 1.45 bits per heavy atom. The van der Waals surface area contributed by atoms with Crippen molar-refractivity contribution >= 4 is 17.3 Å². The topological polar surface area (TPSA) is 78.8 Å². The van der Waals surface area contributed by atoms with Gasteiger partial charge in [0.25, 0.3) is 0 Å². The molecular weight excluding hydrogens is 278 g/mol. The maximum absolute atomic E-state index is 6.00. The van der Waals surface area contributed by atoms with Crippen LogP contribution in [0, 0.1) is 0 Å². The number of methoxy groups -OCH3 is 1. The predicted molar refractivity (Wildman–Crippen MR) is 76.3 cm³/mol. The highest BCUT2D eigenvalue weighted by atomic mass is 35.5. The van der Waals surface area contributed by atoms with Crippen LogP contribution in [0.5, 0.6) is 0 Å². The van der Waals surface area contributed by atoms with Crippen molar-refractivity contribution in [2.45, 2.75) is 31.4 Å². The Hall–Kier alpha value is -1.66. The Kier molecular flexibility index (Phi) is 3.35. The summed E-state index contributed by atoms with van der Waals surface area (Å²) in [5, 5.41) is 12.5. The average molecular weight is 294 g/mol. The quantitative estimate of drug-likeness (QED) is 0.874. The maximum Gasteiger partial charge on any atom is 0.184 e. The number of hydrogen-bond donors (Lipinski definition) is 1. The summed E-state index contributed by atoms with van der Waals surface area (Å²) < 4.78 is 7.37. The number of halogens is 1. The lowest BCUT2D eigenvalue weighted by atomic mass is 9.80. The van der Waals surface area contributed by atoms with E-state index in [1.807, 2.05) is 6.07 Å². The van der Waals surface area contributed by atoms with Crippen LogP contribution in [0.2, 0.25) is 5.02 Å². The van der Waals surface area contributed by atoms with Crippen molar-refractivity contribution in [2.24, 2.45) is 0 Å². The molecule has 0 saturated heterocycles. The fourth-order valence-corrected chi connectivity index (χ4v) is 2.69. The molecule has 0 amide bonds. The lowest BCUT2D eigenvalue weighted by molar-refractivity contribution is -0.0855. The van der Waals surface area contributed by atoms with E-state index in [4.69, 9.17) is 22.1 Å². The van der Waals surface area contributed by atoms with Gasteiger partial charge in [-0.05, 0) is 47.9 Å². The summed E-state index contributed by atoms with van der Waals surface area (Å²) in [6.45, 7) is 0.633. The molecule has 6 nitrogen and oxygen atoms in total. The number of nitrogen functional groups attached to an aromatic ring is 1. The zero-order chi connectivity index (χ0) is 14.2. The van der Waals surface area contributed by atoms with Crippen LogP contribution in [0.15, 0.2) is 18.2 Å². The number of nitrogens with two attached hydrogens (primary N) is 1. The standard InChI is InChI=1S/C13H16ClN5O/c1-20-13(5-2-6-13)8-19-12(16-17-18-19)10-4-3-9(14)7-11(10)15/h3-4,7H,2,5-6,8,15H2,1H3. The summed E-state index contributed by atoms with van der Waals surface area (Å²) in [6.07, 6.45) is 3.23. The molecule has 0 unspecified atom stereocenters. The molecule has 1 aromatic heterocycles. The third-order valence-corrected chi connectivity index (χ3v) is 4.16. The first-order valence-corrected chi connectivity index (χ1v) is 6.88. The van der Waals surface area contributed by atoms with E-state index in [2.05, 4.69) is 15.5 Å². The van der Waals surface area contributed by atoms with Gasteiger partial charge in [0.15, 0.2) is 5.82 Å². The van der Waals surface area contributed by atoms with Crippen LogP contribution in [0.1, 0.15) is 19.3 Å². The number of benzene rings is 1. The second-order valence-electron chi connectivity index (χ2n) is 5.13. The Bertz CT molecular complexity index is 617. The molecule has 0 radical (unpaired) electrons. The van der Waals surface area contributed by atoms with Crippen LogP contribution in [0.3, 0.4) is 0 Å². The summed E-state index contributed by atoms with van der Waals surface area (Å²) in [6, 6.07) is 5.31. The van der Waals surface area contributed by atoms with Gasteiger partial charge in [-0.25, -0.2) is 4.68 Å². The predicted octanol–water partition coefficient (Wildman–Crippen LogP) is 2.14. The second-order valence-corrected chi connectivity index (χ2v) is 5.57. The largest absolute Gasteiger partial charge is 0.398 e. The number of hydrogen-bond acceptors (Lipinski definition) is 5. The molecule has 7 heteroatoms. The molecule has 1 fully saturated rings. The number of anilines is 1. The minimum absolute atomic E-state index is 0.148. The Morgan fingerprint density at radius 2 is 2.25 bits per heavy atom. The number of rotatable bonds is 4. The average Bonchev–Trinajstić information content (AvgIpc) is 2.82. The maximum atomic E-state index is 6.00. The van der Waals surface area contributed by atoms with Gasteiger partial charge in [0, 0.05) is 23.4 Å². The molecule has 2 aromatic rings. The molecule has 2 N–H and O–H groups in total. The van der Waals surface area contributed by atoms with E-state index in [0.29, 0.717) is 23.1 Å². The lowest BCUT2D eigenvalue weighted by Gasteiger charge is -2.40. The van der Waals surface area contributed by atoms with Gasteiger partial charge in [-0.1, -0.05) is 11.6 Å². The third kappa shape index (κ3) is 2.25. The second kappa shape index (κ2) is 5.03. The van der Waals surface area contributed by atoms with Crippen LogP contribution in [-0.4, -0.2) is 32.9 Å². The van der Waals surface area contributed by atoms with Gasteiger partial charge in [-0.2, -0.15) is 0 Å². The molecule has 1 aliphatic rings. The summed E-state index contributed by atoms with van der Waals surface area (Å²) >= 11 is 5.92. The highest BCUT2D eigenvalue weighted by molar-refractivity contribution is 6.31. The van der Waals surface area contributed by atoms with Gasteiger partial charge < -0.3 is 10.5 Å². The molecule has 0 bridgehead atoms. The van der Waals surface area contributed by atoms with Crippen molar-refractivity contribution in [3.63, 3.8) is 0 Å². The Morgan fingerprint density at radius 3 is 2.85 bits per heavy atom. The van der Waals surface area contributed by atoms with Crippen molar-refractivity contribution in [3.05, 3.63) is 23.2 Å². The van der Waals surface area contributed by atoms with Crippen LogP contribution in [-0.2, 0) is 11.3 Å². The molecule has 1 aromatic carbocycles. The monoisotopic (exact) mass is 293 g/mol. The van der Waals surface area contributed by atoms with E-state index in [-0.39, 0.29) is 5.60 Å². The third-order valence-electron chi connectivity index (χ3n) is 3.92. The van der Waals surface area contributed by atoms with Gasteiger partial charge in [-0.15, -0.1) is 5.10 Å². The number of tetrazole rings is 1. The van der Waals surface area contributed by atoms with E-state index >= 15 is 0 Å².